The number of carbonyl (C=O) groups is 1. The zero-order chi connectivity index (χ0) is 18.6. The summed E-state index contributed by atoms with van der Waals surface area (Å²) >= 11 is 0. The van der Waals surface area contributed by atoms with Crippen LogP contribution in [0.5, 0.6) is 0 Å². The maximum absolute atomic E-state index is 13.5. The average Bonchev–Trinajstić information content (AvgIpc) is 3.02. The molecule has 0 aromatic heterocycles. The quantitative estimate of drug-likeness (QED) is 0.499. The third-order valence-electron chi connectivity index (χ3n) is 4.76. The summed E-state index contributed by atoms with van der Waals surface area (Å²) in [4.78, 5) is 11.8. The predicted molar refractivity (Wildman–Crippen MR) is 91.5 cm³/mol. The molecule has 5 nitrogen and oxygen atoms in total. The van der Waals surface area contributed by atoms with Crippen LogP contribution in [-0.2, 0) is 28.1 Å². The molecule has 2 aromatic rings. The van der Waals surface area contributed by atoms with E-state index in [1.54, 1.807) is 30.3 Å². The van der Waals surface area contributed by atoms with Crippen LogP contribution in [0.15, 0.2) is 48.5 Å². The molecule has 0 saturated heterocycles. The summed E-state index contributed by atoms with van der Waals surface area (Å²) < 4.78 is 18.9. The Kier molecular flexibility index (Phi) is 8.57. The van der Waals surface area contributed by atoms with Gasteiger partial charge < -0.3 is 25.1 Å². The van der Waals surface area contributed by atoms with Gasteiger partial charge in [0.15, 0.2) is 0 Å². The molecule has 0 fully saturated rings. The number of carbonyl (C=O) groups excluding carboxylic acids is 1. The molecule has 3 rings (SSSR count). The maximum Gasteiger partial charge on any atom is 1.00 e. The van der Waals surface area contributed by atoms with Crippen molar-refractivity contribution in [3.63, 3.8) is 0 Å². The van der Waals surface area contributed by atoms with E-state index < -0.39 is 17.6 Å². The number of nitrogens with one attached hydrogen (secondary N) is 1. The van der Waals surface area contributed by atoms with Crippen molar-refractivity contribution < 1.29 is 75.5 Å². The Labute approximate surface area is 200 Å². The molecule has 0 heterocycles. The van der Waals surface area contributed by atoms with Crippen molar-refractivity contribution in [2.75, 3.05) is 13.2 Å². The van der Waals surface area contributed by atoms with Crippen molar-refractivity contribution in [1.82, 2.24) is 5.32 Å². The molecule has 138 valence electrons. The maximum atomic E-state index is 13.5. The number of rotatable bonds is 8. The van der Waals surface area contributed by atoms with E-state index in [9.17, 15) is 19.4 Å². The summed E-state index contributed by atoms with van der Waals surface area (Å²) in [6, 6.07) is 13.6. The monoisotopic (exact) mass is 397 g/mol. The second kappa shape index (κ2) is 10.2. The van der Waals surface area contributed by atoms with E-state index in [0.717, 1.165) is 5.56 Å². The number of aliphatic hydroxyl groups excluding tert-OH is 1. The number of hydrogen-bond acceptors (Lipinski definition) is 5. The fraction of sp³-hybridized carbons (Fsp3) is 0.350. The summed E-state index contributed by atoms with van der Waals surface area (Å²) in [7, 11) is 0. The number of aryl methyl sites for hydroxylation is 1. The molecule has 1 aliphatic carbocycles. The minimum atomic E-state index is -1.30. The number of carboxylic acid groups (broad SMARTS) is 1. The van der Waals surface area contributed by atoms with Crippen molar-refractivity contribution >= 4 is 5.97 Å². The van der Waals surface area contributed by atoms with Gasteiger partial charge in [-0.1, -0.05) is 42.5 Å². The molecule has 2 atom stereocenters. The van der Waals surface area contributed by atoms with E-state index in [0.29, 0.717) is 24.0 Å². The summed E-state index contributed by atoms with van der Waals surface area (Å²) in [6.45, 7) is 0.0316. The van der Waals surface area contributed by atoms with E-state index in [-0.39, 0.29) is 77.0 Å². The minimum Gasteiger partial charge on any atom is -0.548 e. The van der Waals surface area contributed by atoms with Gasteiger partial charge in [0, 0.05) is 12.1 Å². The Morgan fingerprint density at radius 1 is 1.26 bits per heavy atom. The van der Waals surface area contributed by atoms with Crippen molar-refractivity contribution in [2.24, 2.45) is 0 Å². The molecule has 2 N–H and O–H groups in total. The van der Waals surface area contributed by atoms with Crippen molar-refractivity contribution in [3.8, 4) is 0 Å². The van der Waals surface area contributed by atoms with E-state index in [2.05, 4.69) is 5.32 Å². The van der Waals surface area contributed by atoms with Crippen LogP contribution >= 0.6 is 0 Å². The van der Waals surface area contributed by atoms with E-state index in [1.807, 2.05) is 12.1 Å². The zero-order valence-corrected chi connectivity index (χ0v) is 18.4. The van der Waals surface area contributed by atoms with Gasteiger partial charge in [-0.3, -0.25) is 0 Å². The van der Waals surface area contributed by atoms with Gasteiger partial charge in [-0.2, -0.15) is 0 Å². The SMILES string of the molecule is O=C([O-])C1(NCC(O)COCc2ccccc2F)CCc2ccccc21.[K+]. The van der Waals surface area contributed by atoms with E-state index in [4.69, 9.17) is 4.74 Å². The summed E-state index contributed by atoms with van der Waals surface area (Å²) in [5, 5.41) is 24.9. The van der Waals surface area contributed by atoms with Gasteiger partial charge in [0.05, 0.1) is 30.8 Å². The van der Waals surface area contributed by atoms with Gasteiger partial charge >= 0.3 is 51.4 Å². The number of fused-ring (bicyclic) bond motifs is 1. The number of aliphatic hydroxyl groups is 1. The number of benzene rings is 2. The molecule has 0 amide bonds. The van der Waals surface area contributed by atoms with Gasteiger partial charge in [-0.05, 0) is 30.0 Å². The van der Waals surface area contributed by atoms with Crippen LogP contribution in [0.4, 0.5) is 4.39 Å². The molecule has 0 bridgehead atoms. The summed E-state index contributed by atoms with van der Waals surface area (Å²) in [5.41, 5.74) is 0.751. The molecule has 0 saturated carbocycles. The number of hydrogen-bond donors (Lipinski definition) is 2. The second-order valence-electron chi connectivity index (χ2n) is 6.49. The molecule has 0 radical (unpaired) electrons. The first-order valence-corrected chi connectivity index (χ1v) is 8.57. The Hall–Kier alpha value is -0.644. The fourth-order valence-corrected chi connectivity index (χ4v) is 3.35. The molecule has 2 unspecified atom stereocenters. The van der Waals surface area contributed by atoms with Crippen LogP contribution < -0.4 is 61.8 Å². The summed E-state index contributed by atoms with van der Waals surface area (Å²) in [6.07, 6.45) is 0.0832. The van der Waals surface area contributed by atoms with Crippen molar-refractivity contribution in [2.45, 2.75) is 31.1 Å². The third-order valence-corrected chi connectivity index (χ3v) is 4.76. The van der Waals surface area contributed by atoms with Crippen LogP contribution in [0.25, 0.3) is 0 Å². The second-order valence-corrected chi connectivity index (χ2v) is 6.49. The number of ether oxygens (including phenoxy) is 1. The van der Waals surface area contributed by atoms with Gasteiger partial charge in [0.1, 0.15) is 5.82 Å². The minimum absolute atomic E-state index is 0. The van der Waals surface area contributed by atoms with Gasteiger partial charge in [0.2, 0.25) is 0 Å². The van der Waals surface area contributed by atoms with E-state index >= 15 is 0 Å². The van der Waals surface area contributed by atoms with Gasteiger partial charge in [-0.15, -0.1) is 0 Å². The first kappa shape index (κ1) is 22.6. The molecule has 27 heavy (non-hydrogen) atoms. The normalized spacial score (nSPS) is 19.2. The predicted octanol–water partition coefficient (Wildman–Crippen LogP) is -2.11. The number of carboxylic acids is 1. The molecule has 2 aromatic carbocycles. The van der Waals surface area contributed by atoms with Crippen molar-refractivity contribution in [1.29, 1.82) is 0 Å². The molecule has 7 heteroatoms. The van der Waals surface area contributed by atoms with Crippen LogP contribution in [0, 0.1) is 5.82 Å². The molecule has 0 aliphatic heterocycles. The Morgan fingerprint density at radius 3 is 2.70 bits per heavy atom. The molecule has 1 aliphatic rings. The topological polar surface area (TPSA) is 81.6 Å². The Bertz CT molecular complexity index is 788. The van der Waals surface area contributed by atoms with Crippen molar-refractivity contribution in [3.05, 3.63) is 71.0 Å². The molecular weight excluding hydrogens is 376 g/mol. The third kappa shape index (κ3) is 5.24. The Morgan fingerprint density at radius 2 is 1.96 bits per heavy atom. The van der Waals surface area contributed by atoms with E-state index in [1.165, 1.54) is 6.07 Å². The van der Waals surface area contributed by atoms with Crippen LogP contribution in [0.1, 0.15) is 23.1 Å². The van der Waals surface area contributed by atoms with Crippen LogP contribution in [0.3, 0.4) is 0 Å². The molecular formula is C20H21FKNO4. The first-order valence-electron chi connectivity index (χ1n) is 8.57. The fourth-order valence-electron chi connectivity index (χ4n) is 3.35. The molecule has 0 spiro atoms. The average molecular weight is 397 g/mol. The van der Waals surface area contributed by atoms with Gasteiger partial charge in [0.25, 0.3) is 0 Å². The number of halogens is 1. The standard InChI is InChI=1S/C20H22FNO4.K/c21-18-8-4-2-6-15(18)12-26-13-16(23)11-22-20(19(24)25)10-9-14-5-1-3-7-17(14)20;/h1-8,16,22-23H,9-13H2,(H,24,25);/q;+1/p-1. The van der Waals surface area contributed by atoms with Gasteiger partial charge in [-0.25, -0.2) is 4.39 Å². The first-order chi connectivity index (χ1) is 12.5. The largest absolute Gasteiger partial charge is 1.00 e. The summed E-state index contributed by atoms with van der Waals surface area (Å²) in [5.74, 6) is -1.57. The zero-order valence-electron chi connectivity index (χ0n) is 15.3. The van der Waals surface area contributed by atoms with Crippen LogP contribution in [0.2, 0.25) is 0 Å². The number of aliphatic carboxylic acids is 1. The van der Waals surface area contributed by atoms with Crippen LogP contribution in [-0.4, -0.2) is 30.3 Å². The Balaban J connectivity index is 0.00000261. The smallest absolute Gasteiger partial charge is 0.548 e.